The van der Waals surface area contributed by atoms with E-state index in [2.05, 4.69) is 35.5 Å². The zero-order valence-electron chi connectivity index (χ0n) is 19.7. The molecule has 0 aromatic carbocycles. The van der Waals surface area contributed by atoms with Crippen LogP contribution in [0.1, 0.15) is 25.7 Å². The van der Waals surface area contributed by atoms with Crippen molar-refractivity contribution < 1.29 is 9.21 Å². The Kier molecular flexibility index (Phi) is 5.02. The molecule has 10 nitrogen and oxygen atoms in total. The molecule has 37 heavy (non-hydrogen) atoms. The minimum absolute atomic E-state index is 0.0612. The van der Waals surface area contributed by atoms with Gasteiger partial charge in [0, 0.05) is 34.8 Å². The van der Waals surface area contributed by atoms with Crippen molar-refractivity contribution in [3.8, 4) is 34.0 Å². The average Bonchev–Trinajstić information content (AvgIpc) is 3.74. The number of hydrogen-bond donors (Lipinski definition) is 3. The van der Waals surface area contributed by atoms with Gasteiger partial charge in [-0.3, -0.25) is 24.8 Å². The summed E-state index contributed by atoms with van der Waals surface area (Å²) in [5.41, 5.74) is 6.82. The molecule has 0 saturated heterocycles. The second-order valence-corrected chi connectivity index (χ2v) is 9.27. The zero-order chi connectivity index (χ0) is 24.8. The Morgan fingerprint density at radius 3 is 2.78 bits per heavy atom. The van der Waals surface area contributed by atoms with Crippen molar-refractivity contribution >= 4 is 33.5 Å². The Labute approximate surface area is 210 Å². The molecule has 0 bridgehead atoms. The second-order valence-electron chi connectivity index (χ2n) is 9.27. The molecule has 1 saturated carbocycles. The fourth-order valence-electron chi connectivity index (χ4n) is 4.99. The summed E-state index contributed by atoms with van der Waals surface area (Å²) in [6.45, 7) is 0. The predicted octanol–water partition coefficient (Wildman–Crippen LogP) is 5.35. The Morgan fingerprint density at radius 2 is 1.92 bits per heavy atom. The van der Waals surface area contributed by atoms with Gasteiger partial charge in [0.05, 0.1) is 47.3 Å². The van der Waals surface area contributed by atoms with Crippen LogP contribution >= 0.6 is 0 Å². The maximum absolute atomic E-state index is 12.6. The van der Waals surface area contributed by atoms with Crippen LogP contribution in [0.5, 0.6) is 0 Å². The van der Waals surface area contributed by atoms with Crippen LogP contribution in [-0.4, -0.2) is 41.0 Å². The highest BCUT2D eigenvalue weighted by Gasteiger charge is 2.23. The molecule has 0 atom stereocenters. The number of fused-ring (bicyclic) bond motifs is 2. The van der Waals surface area contributed by atoms with E-state index in [1.807, 2.05) is 24.3 Å². The first-order valence-electron chi connectivity index (χ1n) is 12.2. The molecule has 0 aliphatic heterocycles. The number of rotatable bonds is 5. The van der Waals surface area contributed by atoms with Gasteiger partial charge < -0.3 is 14.7 Å². The van der Waals surface area contributed by atoms with E-state index in [4.69, 9.17) is 9.40 Å². The second kappa shape index (κ2) is 8.66. The van der Waals surface area contributed by atoms with Crippen molar-refractivity contribution in [1.29, 1.82) is 0 Å². The summed E-state index contributed by atoms with van der Waals surface area (Å²) in [4.78, 5) is 34.2. The minimum atomic E-state index is 0.0612. The molecule has 182 valence electrons. The van der Waals surface area contributed by atoms with Gasteiger partial charge in [0.25, 0.3) is 0 Å². The fraction of sp³-hybridized carbons (Fsp3) is 0.185. The molecule has 0 spiro atoms. The van der Waals surface area contributed by atoms with Crippen LogP contribution in [0.4, 0.5) is 5.69 Å². The smallest absolute Gasteiger partial charge is 0.227 e. The largest absolute Gasteiger partial charge is 0.472 e. The number of nitrogens with zero attached hydrogens (tertiary/aromatic N) is 5. The Balaban J connectivity index is 1.25. The summed E-state index contributed by atoms with van der Waals surface area (Å²) in [6, 6.07) is 7.60. The lowest BCUT2D eigenvalue weighted by Gasteiger charge is -2.11. The van der Waals surface area contributed by atoms with Gasteiger partial charge in [-0.1, -0.05) is 12.8 Å². The summed E-state index contributed by atoms with van der Waals surface area (Å²) in [5, 5.41) is 11.4. The summed E-state index contributed by atoms with van der Waals surface area (Å²) in [5.74, 6) is 0.762. The number of H-pyrrole nitrogens is 2. The van der Waals surface area contributed by atoms with Gasteiger partial charge in [0.1, 0.15) is 16.9 Å². The number of hydrogen-bond acceptors (Lipinski definition) is 7. The number of carbonyl (C=O) groups excluding carboxylic acids is 1. The summed E-state index contributed by atoms with van der Waals surface area (Å²) >= 11 is 0. The highest BCUT2D eigenvalue weighted by atomic mass is 16.3. The first-order valence-corrected chi connectivity index (χ1v) is 12.2. The molecule has 6 aromatic heterocycles. The highest BCUT2D eigenvalue weighted by Crippen LogP contribution is 2.32. The van der Waals surface area contributed by atoms with Gasteiger partial charge >= 0.3 is 0 Å². The van der Waals surface area contributed by atoms with Crippen LogP contribution in [0.2, 0.25) is 0 Å². The van der Waals surface area contributed by atoms with E-state index >= 15 is 0 Å². The molecule has 10 heteroatoms. The third kappa shape index (κ3) is 3.83. The van der Waals surface area contributed by atoms with Crippen LogP contribution in [0.25, 0.3) is 56.0 Å². The Hall–Kier alpha value is -4.86. The molecule has 1 aliphatic rings. The van der Waals surface area contributed by atoms with E-state index in [0.29, 0.717) is 17.2 Å². The van der Waals surface area contributed by atoms with E-state index in [1.54, 1.807) is 37.3 Å². The third-order valence-corrected chi connectivity index (χ3v) is 6.89. The lowest BCUT2D eigenvalue weighted by atomic mass is 10.1. The third-order valence-electron chi connectivity index (χ3n) is 6.89. The Morgan fingerprint density at radius 1 is 1.00 bits per heavy atom. The maximum Gasteiger partial charge on any atom is 0.227 e. The minimum Gasteiger partial charge on any atom is -0.472 e. The highest BCUT2D eigenvalue weighted by molar-refractivity contribution is 5.97. The topological polar surface area (TPSA) is 138 Å². The molecule has 1 aliphatic carbocycles. The van der Waals surface area contributed by atoms with Crippen molar-refractivity contribution in [3.63, 3.8) is 0 Å². The fourth-order valence-corrected chi connectivity index (χ4v) is 4.99. The van der Waals surface area contributed by atoms with Crippen LogP contribution in [0, 0.1) is 5.92 Å². The number of pyridine rings is 3. The van der Waals surface area contributed by atoms with Crippen molar-refractivity contribution in [1.82, 2.24) is 35.1 Å². The number of furan rings is 1. The molecule has 1 fully saturated rings. The van der Waals surface area contributed by atoms with Crippen LogP contribution in [0.3, 0.4) is 0 Å². The number of aromatic amines is 2. The number of aromatic nitrogens is 7. The first kappa shape index (κ1) is 21.4. The Bertz CT molecular complexity index is 1750. The van der Waals surface area contributed by atoms with Gasteiger partial charge in [-0.2, -0.15) is 5.10 Å². The first-order chi connectivity index (χ1) is 18.2. The molecule has 7 rings (SSSR count). The van der Waals surface area contributed by atoms with Crippen LogP contribution in [-0.2, 0) is 4.79 Å². The number of anilines is 1. The van der Waals surface area contributed by atoms with Crippen molar-refractivity contribution in [3.05, 3.63) is 61.6 Å². The number of imidazole rings is 1. The number of amides is 1. The van der Waals surface area contributed by atoms with Gasteiger partial charge in [0.2, 0.25) is 5.91 Å². The summed E-state index contributed by atoms with van der Waals surface area (Å²) in [7, 11) is 0. The average molecular weight is 491 g/mol. The van der Waals surface area contributed by atoms with E-state index in [0.717, 1.165) is 70.1 Å². The van der Waals surface area contributed by atoms with Crippen molar-refractivity contribution in [2.75, 3.05) is 5.32 Å². The molecule has 1 amide bonds. The van der Waals surface area contributed by atoms with Crippen molar-refractivity contribution in [2.24, 2.45) is 5.92 Å². The maximum atomic E-state index is 12.6. The number of nitrogens with one attached hydrogen (secondary N) is 3. The molecule has 3 N–H and O–H groups in total. The molecule has 0 unspecified atom stereocenters. The molecule has 6 aromatic rings. The lowest BCUT2D eigenvalue weighted by molar-refractivity contribution is -0.119. The quantitative estimate of drug-likeness (QED) is 0.296. The van der Waals surface area contributed by atoms with E-state index in [9.17, 15) is 4.79 Å². The predicted molar refractivity (Wildman–Crippen MR) is 138 cm³/mol. The van der Waals surface area contributed by atoms with E-state index in [1.165, 1.54) is 0 Å². The van der Waals surface area contributed by atoms with Crippen molar-refractivity contribution in [2.45, 2.75) is 25.7 Å². The summed E-state index contributed by atoms with van der Waals surface area (Å²) in [6.07, 6.45) is 14.3. The molecule has 6 heterocycles. The SMILES string of the molecule is O=C(Nc1cncc(-c2cc3c(-c4nc5c(-c6ccoc6)nccc5[nH]4)n[nH]c3cn2)c1)C1CCCC1. The van der Waals surface area contributed by atoms with E-state index in [-0.39, 0.29) is 11.8 Å². The normalized spacial score (nSPS) is 14.1. The summed E-state index contributed by atoms with van der Waals surface area (Å²) < 4.78 is 5.23. The monoisotopic (exact) mass is 490 g/mol. The van der Waals surface area contributed by atoms with E-state index < -0.39 is 0 Å². The molecule has 0 radical (unpaired) electrons. The lowest BCUT2D eigenvalue weighted by Crippen LogP contribution is -2.20. The van der Waals surface area contributed by atoms with Gasteiger partial charge in [0.15, 0.2) is 5.82 Å². The van der Waals surface area contributed by atoms with Gasteiger partial charge in [-0.25, -0.2) is 4.98 Å². The standard InChI is InChI=1S/C27H22N8O2/c36-27(15-3-1-2-4-15)31-18-9-17(11-28-12-18)21-10-19-22(13-30-21)34-35-24(19)26-32-20-5-7-29-23(25(20)33-26)16-6-8-37-14-16/h5-15H,1-4H2,(H,31,36)(H,32,33)(H,34,35). The zero-order valence-corrected chi connectivity index (χ0v) is 19.7. The van der Waals surface area contributed by atoms with Gasteiger partial charge in [-0.15, -0.1) is 0 Å². The number of carbonyl (C=O) groups is 1. The van der Waals surface area contributed by atoms with Crippen LogP contribution < -0.4 is 5.32 Å². The molecular formula is C27H22N8O2. The molecular weight excluding hydrogens is 468 g/mol. The van der Waals surface area contributed by atoms with Gasteiger partial charge in [-0.05, 0) is 37.1 Å². The van der Waals surface area contributed by atoms with Crippen LogP contribution in [0.15, 0.2) is 66.0 Å².